The molecule has 0 radical (unpaired) electrons. The molecule has 0 aliphatic rings. The van der Waals surface area contributed by atoms with Crippen LogP contribution in [0.1, 0.15) is 18.2 Å². The van der Waals surface area contributed by atoms with Crippen LogP contribution in [0, 0.1) is 0 Å². The molecule has 0 aliphatic heterocycles. The smallest absolute Gasteiger partial charge is 0.219 e. The summed E-state index contributed by atoms with van der Waals surface area (Å²) < 4.78 is 6.81. The zero-order valence-corrected chi connectivity index (χ0v) is 12.7. The molecule has 0 saturated carbocycles. The Bertz CT molecular complexity index is 558. The third-order valence-corrected chi connectivity index (χ3v) is 3.17. The Morgan fingerprint density at radius 2 is 2.11 bits per heavy atom. The first-order valence-electron chi connectivity index (χ1n) is 6.29. The van der Waals surface area contributed by atoms with Gasteiger partial charge in [-0.1, -0.05) is 28.9 Å². The standard InChI is InChI=1S/C15H17BrN2O/c1-3-13-7-11(10-17-2)8-15(18-13)19-14-6-4-5-12(16)9-14/h4-9,17H,3,10H2,1-2H3. The molecule has 1 aromatic heterocycles. The van der Waals surface area contributed by atoms with Crippen LogP contribution in [0.5, 0.6) is 11.6 Å². The van der Waals surface area contributed by atoms with Crippen LogP contribution in [-0.4, -0.2) is 12.0 Å². The number of benzene rings is 1. The van der Waals surface area contributed by atoms with E-state index in [9.17, 15) is 0 Å². The summed E-state index contributed by atoms with van der Waals surface area (Å²) in [4.78, 5) is 4.49. The molecule has 0 atom stereocenters. The van der Waals surface area contributed by atoms with E-state index in [1.165, 1.54) is 5.56 Å². The van der Waals surface area contributed by atoms with Gasteiger partial charge in [0.15, 0.2) is 0 Å². The van der Waals surface area contributed by atoms with Crippen LogP contribution in [0.2, 0.25) is 0 Å². The molecule has 2 rings (SSSR count). The fourth-order valence-corrected chi connectivity index (χ4v) is 2.19. The maximum atomic E-state index is 5.82. The van der Waals surface area contributed by atoms with E-state index in [0.717, 1.165) is 28.9 Å². The molecule has 100 valence electrons. The lowest BCUT2D eigenvalue weighted by Crippen LogP contribution is -2.06. The number of nitrogens with one attached hydrogen (secondary N) is 1. The minimum Gasteiger partial charge on any atom is -0.439 e. The van der Waals surface area contributed by atoms with Crippen molar-refractivity contribution in [1.29, 1.82) is 0 Å². The maximum Gasteiger partial charge on any atom is 0.219 e. The topological polar surface area (TPSA) is 34.1 Å². The van der Waals surface area contributed by atoms with Gasteiger partial charge in [0.1, 0.15) is 5.75 Å². The summed E-state index contributed by atoms with van der Waals surface area (Å²) in [7, 11) is 1.93. The summed E-state index contributed by atoms with van der Waals surface area (Å²) in [6, 6.07) is 11.8. The van der Waals surface area contributed by atoms with Crippen LogP contribution >= 0.6 is 15.9 Å². The van der Waals surface area contributed by atoms with E-state index in [0.29, 0.717) is 5.88 Å². The first-order valence-corrected chi connectivity index (χ1v) is 7.08. The van der Waals surface area contributed by atoms with Crippen LogP contribution < -0.4 is 10.1 Å². The van der Waals surface area contributed by atoms with Crippen LogP contribution in [0.25, 0.3) is 0 Å². The summed E-state index contributed by atoms with van der Waals surface area (Å²) in [6.07, 6.45) is 0.895. The van der Waals surface area contributed by atoms with Gasteiger partial charge >= 0.3 is 0 Å². The molecule has 19 heavy (non-hydrogen) atoms. The fraction of sp³-hybridized carbons (Fsp3) is 0.267. The first kappa shape index (κ1) is 14.0. The number of aromatic nitrogens is 1. The monoisotopic (exact) mass is 320 g/mol. The van der Waals surface area contributed by atoms with Crippen molar-refractivity contribution in [3.63, 3.8) is 0 Å². The Labute approximate surface area is 122 Å². The van der Waals surface area contributed by atoms with Gasteiger partial charge in [-0.3, -0.25) is 0 Å². The van der Waals surface area contributed by atoms with Gasteiger partial charge in [0.25, 0.3) is 0 Å². The second kappa shape index (κ2) is 6.68. The molecule has 0 fully saturated rings. The number of hydrogen-bond acceptors (Lipinski definition) is 3. The minimum atomic E-state index is 0.641. The first-order chi connectivity index (χ1) is 9.21. The third kappa shape index (κ3) is 4.04. The van der Waals surface area contributed by atoms with Crippen molar-refractivity contribution < 1.29 is 4.74 Å². The number of halogens is 1. The van der Waals surface area contributed by atoms with E-state index in [4.69, 9.17) is 4.74 Å². The highest BCUT2D eigenvalue weighted by Crippen LogP contribution is 2.24. The molecular formula is C15H17BrN2O. The van der Waals surface area contributed by atoms with E-state index >= 15 is 0 Å². The largest absolute Gasteiger partial charge is 0.439 e. The molecule has 1 N–H and O–H groups in total. The SMILES string of the molecule is CCc1cc(CNC)cc(Oc2cccc(Br)c2)n1. The highest BCUT2D eigenvalue weighted by Gasteiger charge is 2.04. The summed E-state index contributed by atoms with van der Waals surface area (Å²) in [6.45, 7) is 2.90. The average Bonchev–Trinajstić information content (AvgIpc) is 2.39. The predicted molar refractivity (Wildman–Crippen MR) is 80.6 cm³/mol. The molecule has 0 saturated heterocycles. The molecule has 0 bridgehead atoms. The number of pyridine rings is 1. The zero-order chi connectivity index (χ0) is 13.7. The Kier molecular flexibility index (Phi) is 4.93. The van der Waals surface area contributed by atoms with Crippen LogP contribution in [-0.2, 0) is 13.0 Å². The Balaban J connectivity index is 2.26. The molecule has 3 nitrogen and oxygen atoms in total. The summed E-state index contributed by atoms with van der Waals surface area (Å²) >= 11 is 3.43. The maximum absolute atomic E-state index is 5.82. The normalized spacial score (nSPS) is 10.5. The van der Waals surface area contributed by atoms with Crippen molar-refractivity contribution in [3.8, 4) is 11.6 Å². The van der Waals surface area contributed by atoms with Gasteiger partial charge < -0.3 is 10.1 Å². The second-order valence-electron chi connectivity index (χ2n) is 4.25. The Morgan fingerprint density at radius 3 is 2.79 bits per heavy atom. The second-order valence-corrected chi connectivity index (χ2v) is 5.16. The van der Waals surface area contributed by atoms with Crippen molar-refractivity contribution in [2.45, 2.75) is 19.9 Å². The zero-order valence-electron chi connectivity index (χ0n) is 11.1. The third-order valence-electron chi connectivity index (χ3n) is 2.68. The number of ether oxygens (including phenoxy) is 1. The lowest BCUT2D eigenvalue weighted by molar-refractivity contribution is 0.459. The molecule has 4 heteroatoms. The Hall–Kier alpha value is -1.39. The number of hydrogen-bond donors (Lipinski definition) is 1. The van der Waals surface area contributed by atoms with Gasteiger partial charge in [-0.2, -0.15) is 0 Å². The highest BCUT2D eigenvalue weighted by atomic mass is 79.9. The molecular weight excluding hydrogens is 304 g/mol. The van der Waals surface area contributed by atoms with Gasteiger partial charge in [0.2, 0.25) is 5.88 Å². The minimum absolute atomic E-state index is 0.641. The lowest BCUT2D eigenvalue weighted by atomic mass is 10.2. The van der Waals surface area contributed by atoms with Crippen molar-refractivity contribution >= 4 is 15.9 Å². The molecule has 0 spiro atoms. The number of rotatable bonds is 5. The van der Waals surface area contributed by atoms with Gasteiger partial charge in [0, 0.05) is 22.8 Å². The molecule has 0 aliphatic carbocycles. The van der Waals surface area contributed by atoms with Crippen LogP contribution in [0.4, 0.5) is 0 Å². The van der Waals surface area contributed by atoms with Gasteiger partial charge in [-0.25, -0.2) is 4.98 Å². The van der Waals surface area contributed by atoms with Crippen LogP contribution in [0.3, 0.4) is 0 Å². The van der Waals surface area contributed by atoms with Crippen molar-refractivity contribution in [1.82, 2.24) is 10.3 Å². The van der Waals surface area contributed by atoms with E-state index in [2.05, 4.69) is 39.2 Å². The molecule has 1 aromatic carbocycles. The Morgan fingerprint density at radius 1 is 1.26 bits per heavy atom. The summed E-state index contributed by atoms with van der Waals surface area (Å²) in [5.74, 6) is 1.42. The van der Waals surface area contributed by atoms with Gasteiger partial charge in [0.05, 0.1) is 0 Å². The highest BCUT2D eigenvalue weighted by molar-refractivity contribution is 9.10. The van der Waals surface area contributed by atoms with Crippen LogP contribution in [0.15, 0.2) is 40.9 Å². The van der Waals surface area contributed by atoms with Gasteiger partial charge in [-0.15, -0.1) is 0 Å². The van der Waals surface area contributed by atoms with E-state index in [1.807, 2.05) is 37.4 Å². The number of aryl methyl sites for hydroxylation is 1. The molecule has 1 heterocycles. The van der Waals surface area contributed by atoms with Gasteiger partial charge in [-0.05, 0) is 43.3 Å². The average molecular weight is 321 g/mol. The summed E-state index contributed by atoms with van der Waals surface area (Å²) in [5, 5.41) is 3.14. The lowest BCUT2D eigenvalue weighted by Gasteiger charge is -2.09. The van der Waals surface area contributed by atoms with E-state index in [-0.39, 0.29) is 0 Å². The van der Waals surface area contributed by atoms with E-state index < -0.39 is 0 Å². The predicted octanol–water partition coefficient (Wildman–Crippen LogP) is 3.92. The molecule has 2 aromatic rings. The van der Waals surface area contributed by atoms with E-state index in [1.54, 1.807) is 0 Å². The molecule has 0 amide bonds. The number of nitrogens with zero attached hydrogens (tertiary/aromatic N) is 1. The summed E-state index contributed by atoms with van der Waals surface area (Å²) in [5.41, 5.74) is 2.22. The van der Waals surface area contributed by atoms with Crippen molar-refractivity contribution in [3.05, 3.63) is 52.1 Å². The van der Waals surface area contributed by atoms with Crippen molar-refractivity contribution in [2.24, 2.45) is 0 Å². The quantitative estimate of drug-likeness (QED) is 0.906. The fourth-order valence-electron chi connectivity index (χ4n) is 1.81. The molecule has 0 unspecified atom stereocenters. The van der Waals surface area contributed by atoms with Crippen molar-refractivity contribution in [2.75, 3.05) is 7.05 Å².